The van der Waals surface area contributed by atoms with Gasteiger partial charge in [-0.2, -0.15) is 0 Å². The number of likely N-dealkylation sites (tertiary alicyclic amines) is 2. The highest BCUT2D eigenvalue weighted by molar-refractivity contribution is 7.81. The van der Waals surface area contributed by atoms with Crippen molar-refractivity contribution in [2.45, 2.75) is 116 Å². The number of thiazole rings is 1. The third kappa shape index (κ3) is 12.3. The van der Waals surface area contributed by atoms with Crippen molar-refractivity contribution in [2.24, 2.45) is 5.92 Å². The number of aromatic nitrogens is 1. The molecular formula is C53H64N8O8S2. The molecule has 0 unspecified atom stereocenters. The highest BCUT2D eigenvalue weighted by atomic mass is 32.1. The summed E-state index contributed by atoms with van der Waals surface area (Å²) >= 11 is 7.41. The summed E-state index contributed by atoms with van der Waals surface area (Å²) in [5.74, 6) is -1.74. The first-order valence-electron chi connectivity index (χ1n) is 24.3. The Morgan fingerprint density at radius 2 is 1.66 bits per heavy atom. The third-order valence-electron chi connectivity index (χ3n) is 13.4. The summed E-state index contributed by atoms with van der Waals surface area (Å²) in [5, 5.41) is 16.6. The molecule has 0 spiro atoms. The second-order valence-electron chi connectivity index (χ2n) is 19.3. The van der Waals surface area contributed by atoms with E-state index in [1.165, 1.54) is 9.80 Å². The number of thiocarbonyl (C=S) groups is 1. The van der Waals surface area contributed by atoms with Gasteiger partial charge in [-0.05, 0) is 131 Å². The number of piperidine rings is 1. The number of carbonyl (C=O) groups excluding carboxylic acids is 5. The minimum absolute atomic E-state index is 0.00125. The Morgan fingerprint density at radius 1 is 0.972 bits per heavy atom. The second-order valence-corrected chi connectivity index (χ2v) is 20.5. The number of β-amino-alcohol motifs (C(OH)–C–C–N with tert-alkyl or cyclic N) is 1. The van der Waals surface area contributed by atoms with Gasteiger partial charge in [-0.25, -0.2) is 9.83 Å². The molecule has 4 aromatic rings. The molecule has 16 nitrogen and oxygen atoms in total. The molecule has 3 atom stereocenters. The average Bonchev–Trinajstić information content (AvgIpc) is 4.02. The normalized spacial score (nSPS) is 18.5. The molecule has 3 saturated heterocycles. The molecule has 0 radical (unpaired) electrons. The first kappa shape index (κ1) is 52.7. The summed E-state index contributed by atoms with van der Waals surface area (Å²) in [4.78, 5) is 82.8. The summed E-state index contributed by atoms with van der Waals surface area (Å²) < 4.78 is 11.8. The first-order valence-corrected chi connectivity index (χ1v) is 25.6. The zero-order valence-corrected chi connectivity index (χ0v) is 42.9. The molecule has 1 aromatic heterocycles. The topological polar surface area (TPSA) is 178 Å². The SMILES string of the molecule is [C-]#[N+]c1ccc(N2C(=O)C(C)(C)N(c3ccc(C(=O)N4CCC(OCCCCCOCC(=O)N[C@H](C(=O)N5C[C@H](O)C[C@H]5C(=O)NCc5ccc(-c6scnc6C)cc5)C(C)C)CC4)cc3)C2=S)cc1C. The first-order chi connectivity index (χ1) is 34.0. The zero-order chi connectivity index (χ0) is 51.0. The zero-order valence-electron chi connectivity index (χ0n) is 41.3. The molecule has 4 heterocycles. The monoisotopic (exact) mass is 1000 g/mol. The molecule has 0 bridgehead atoms. The van der Waals surface area contributed by atoms with Crippen LogP contribution in [-0.4, -0.2) is 124 Å². The Hall–Kier alpha value is -6.10. The van der Waals surface area contributed by atoms with E-state index in [0.29, 0.717) is 54.0 Å². The van der Waals surface area contributed by atoms with Gasteiger partial charge in [-0.15, -0.1) is 11.3 Å². The third-order valence-corrected chi connectivity index (χ3v) is 14.7. The van der Waals surface area contributed by atoms with Crippen molar-refractivity contribution >= 4 is 75.3 Å². The summed E-state index contributed by atoms with van der Waals surface area (Å²) in [5.41, 5.74) is 6.88. The fourth-order valence-electron chi connectivity index (χ4n) is 9.29. The fraction of sp³-hybridized carbons (Fsp3) is 0.472. The van der Waals surface area contributed by atoms with Gasteiger partial charge in [0.1, 0.15) is 24.2 Å². The van der Waals surface area contributed by atoms with Gasteiger partial charge in [0.2, 0.25) is 17.7 Å². The number of carbonyl (C=O) groups is 5. The maximum Gasteiger partial charge on any atom is 0.259 e. The van der Waals surface area contributed by atoms with Crippen LogP contribution in [0.4, 0.5) is 17.1 Å². The lowest BCUT2D eigenvalue weighted by molar-refractivity contribution is -0.143. The van der Waals surface area contributed by atoms with Gasteiger partial charge in [0.25, 0.3) is 11.8 Å². The number of unbranched alkanes of at least 4 members (excludes halogenated alkanes) is 2. The van der Waals surface area contributed by atoms with Crippen LogP contribution in [-0.2, 0) is 35.2 Å². The number of ether oxygens (including phenoxy) is 2. The summed E-state index contributed by atoms with van der Waals surface area (Å²) in [7, 11) is 0. The number of hydrogen-bond donors (Lipinski definition) is 3. The van der Waals surface area contributed by atoms with Crippen LogP contribution in [0.3, 0.4) is 0 Å². The van der Waals surface area contributed by atoms with Crippen LogP contribution in [0, 0.1) is 26.3 Å². The van der Waals surface area contributed by atoms with Gasteiger partial charge >= 0.3 is 0 Å². The molecule has 0 aliphatic carbocycles. The highest BCUT2D eigenvalue weighted by Gasteiger charge is 2.50. The Labute approximate surface area is 425 Å². The van der Waals surface area contributed by atoms with Crippen molar-refractivity contribution in [3.8, 4) is 10.4 Å². The van der Waals surface area contributed by atoms with Gasteiger partial charge in [0.05, 0.1) is 34.9 Å². The molecule has 3 aliphatic rings. The smallest absolute Gasteiger partial charge is 0.259 e. The number of nitrogens with one attached hydrogen (secondary N) is 2. The number of anilines is 2. The molecule has 18 heteroatoms. The van der Waals surface area contributed by atoms with E-state index in [-0.39, 0.29) is 55.9 Å². The number of nitrogens with zero attached hydrogens (tertiary/aromatic N) is 6. The van der Waals surface area contributed by atoms with Gasteiger partial charge in [-0.1, -0.05) is 44.2 Å². The number of amides is 5. The Kier molecular flexibility index (Phi) is 17.4. The number of aliphatic hydroxyl groups is 1. The standard InChI is InChI=1S/C53H64N8O8S2/c1-33(2)46(50(66)59-30-41(62)28-44(59)48(64)55-29-36-11-13-37(14-12-36)47-35(4)56-32-71-47)57-45(63)31-68-25-9-8-10-26-69-42-21-23-58(24-22-42)49(65)38-15-17-39(18-16-38)61-52(70)60(51(67)53(61,5)6)40-19-20-43(54-7)34(3)27-40/h11-20,27,32-33,41-42,44,46,62H,8-10,21-26,28-31H2,1-6H3,(H,55,64)(H,57,63)/t41-,44+,46+/m1/s1. The number of hydrogen-bond acceptors (Lipinski definition) is 11. The van der Waals surface area contributed by atoms with E-state index in [9.17, 15) is 29.1 Å². The fourth-order valence-corrected chi connectivity index (χ4v) is 10.6. The molecule has 3 fully saturated rings. The van der Waals surface area contributed by atoms with Gasteiger partial charge in [-0.3, -0.25) is 28.9 Å². The Balaban J connectivity index is 0.772. The predicted octanol–water partition coefficient (Wildman–Crippen LogP) is 7.12. The molecule has 7 rings (SSSR count). The van der Waals surface area contributed by atoms with E-state index >= 15 is 0 Å². The number of rotatable bonds is 19. The van der Waals surface area contributed by atoms with Crippen molar-refractivity contribution in [3.63, 3.8) is 0 Å². The molecule has 3 aliphatic heterocycles. The molecular weight excluding hydrogens is 941 g/mol. The van der Waals surface area contributed by atoms with E-state index in [0.717, 1.165) is 59.4 Å². The van der Waals surface area contributed by atoms with E-state index in [4.69, 9.17) is 28.3 Å². The minimum atomic E-state index is -0.973. The van der Waals surface area contributed by atoms with Crippen LogP contribution in [0.15, 0.2) is 72.2 Å². The maximum atomic E-state index is 13.8. The molecule has 0 saturated carbocycles. The number of aliphatic hydroxyl groups excluding tert-OH is 1. The van der Waals surface area contributed by atoms with Gasteiger partial charge in [0, 0.05) is 62.8 Å². The number of benzene rings is 3. The average molecular weight is 1010 g/mol. The molecule has 3 aromatic carbocycles. The van der Waals surface area contributed by atoms with Crippen LogP contribution in [0.25, 0.3) is 15.3 Å². The quantitative estimate of drug-likeness (QED) is 0.0495. The maximum absolute atomic E-state index is 13.8. The van der Waals surface area contributed by atoms with Gasteiger partial charge < -0.3 is 39.9 Å². The van der Waals surface area contributed by atoms with Crippen LogP contribution in [0.1, 0.15) is 93.4 Å². The Morgan fingerprint density at radius 3 is 2.31 bits per heavy atom. The van der Waals surface area contributed by atoms with Crippen LogP contribution in [0.5, 0.6) is 0 Å². The summed E-state index contributed by atoms with van der Waals surface area (Å²) in [6, 6.07) is 18.5. The van der Waals surface area contributed by atoms with Crippen LogP contribution < -0.4 is 20.4 Å². The number of aryl methyl sites for hydroxylation is 2. The molecule has 376 valence electrons. The predicted molar refractivity (Wildman–Crippen MR) is 277 cm³/mol. The summed E-state index contributed by atoms with van der Waals surface area (Å²) in [6.07, 6.45) is 3.12. The van der Waals surface area contributed by atoms with Gasteiger partial charge in [0.15, 0.2) is 10.8 Å². The lowest BCUT2D eigenvalue weighted by Gasteiger charge is -2.32. The lowest BCUT2D eigenvalue weighted by Crippen LogP contribution is -2.55. The minimum Gasteiger partial charge on any atom is -0.391 e. The highest BCUT2D eigenvalue weighted by Crippen LogP contribution is 2.38. The molecule has 5 amide bonds. The Bertz CT molecular complexity index is 2620. The van der Waals surface area contributed by atoms with E-state index in [2.05, 4.69) is 20.5 Å². The van der Waals surface area contributed by atoms with Crippen molar-refractivity contribution in [3.05, 3.63) is 106 Å². The van der Waals surface area contributed by atoms with Crippen molar-refractivity contribution in [1.82, 2.24) is 25.4 Å². The van der Waals surface area contributed by atoms with Crippen LogP contribution in [0.2, 0.25) is 0 Å². The molecule has 3 N–H and O–H groups in total. The van der Waals surface area contributed by atoms with E-state index in [1.807, 2.05) is 88.4 Å². The van der Waals surface area contributed by atoms with Crippen molar-refractivity contribution in [1.29, 1.82) is 0 Å². The molecule has 71 heavy (non-hydrogen) atoms. The lowest BCUT2D eigenvalue weighted by atomic mass is 10.0. The summed E-state index contributed by atoms with van der Waals surface area (Å²) in [6.45, 7) is 20.6. The van der Waals surface area contributed by atoms with Crippen molar-refractivity contribution in [2.75, 3.05) is 49.3 Å². The second kappa shape index (κ2) is 23.4. The van der Waals surface area contributed by atoms with E-state index in [1.54, 1.807) is 46.6 Å². The van der Waals surface area contributed by atoms with Crippen molar-refractivity contribution < 1.29 is 38.6 Å². The van der Waals surface area contributed by atoms with E-state index < -0.39 is 35.5 Å². The van der Waals surface area contributed by atoms with Crippen LogP contribution >= 0.6 is 23.6 Å². The largest absolute Gasteiger partial charge is 0.391 e.